The molecule has 134 valence electrons. The van der Waals surface area contributed by atoms with Crippen LogP contribution in [0, 0.1) is 5.82 Å². The minimum absolute atomic E-state index is 0.00496. The van der Waals surface area contributed by atoms with E-state index in [4.69, 9.17) is 0 Å². The minimum atomic E-state index is -0.272. The van der Waals surface area contributed by atoms with E-state index in [0.29, 0.717) is 19.5 Å². The lowest BCUT2D eigenvalue weighted by Gasteiger charge is -2.16. The summed E-state index contributed by atoms with van der Waals surface area (Å²) >= 11 is 0. The smallest absolute Gasteiger partial charge is 0.224 e. The van der Waals surface area contributed by atoms with E-state index in [9.17, 15) is 14.0 Å². The number of hydrogen-bond donors (Lipinski definition) is 2. The van der Waals surface area contributed by atoms with E-state index in [1.165, 1.54) is 19.1 Å². The number of amides is 2. The molecule has 1 aromatic heterocycles. The molecule has 0 saturated heterocycles. The third-order valence-corrected chi connectivity index (χ3v) is 3.85. The molecule has 25 heavy (non-hydrogen) atoms. The van der Waals surface area contributed by atoms with Gasteiger partial charge in [0.1, 0.15) is 5.82 Å². The van der Waals surface area contributed by atoms with Crippen molar-refractivity contribution in [1.82, 2.24) is 20.4 Å². The van der Waals surface area contributed by atoms with Crippen LogP contribution in [-0.4, -0.2) is 47.0 Å². The molecule has 0 aliphatic carbocycles. The fourth-order valence-corrected chi connectivity index (χ4v) is 2.43. The van der Waals surface area contributed by atoms with Crippen molar-refractivity contribution < 1.29 is 14.0 Å². The second-order valence-corrected chi connectivity index (χ2v) is 5.94. The van der Waals surface area contributed by atoms with Crippen molar-refractivity contribution in [1.29, 1.82) is 0 Å². The molecule has 2 aromatic rings. The molecule has 0 fully saturated rings. The van der Waals surface area contributed by atoms with Gasteiger partial charge < -0.3 is 10.2 Å². The number of H-pyrrole nitrogens is 1. The first-order valence-corrected chi connectivity index (χ1v) is 8.24. The summed E-state index contributed by atoms with van der Waals surface area (Å²) < 4.78 is 13.0. The fraction of sp³-hybridized carbons (Fsp3) is 0.389. The number of rotatable bonds is 8. The van der Waals surface area contributed by atoms with Crippen LogP contribution in [0.4, 0.5) is 4.39 Å². The average molecular weight is 346 g/mol. The molecule has 0 spiro atoms. The summed E-state index contributed by atoms with van der Waals surface area (Å²) in [5, 5.41) is 9.82. The summed E-state index contributed by atoms with van der Waals surface area (Å²) in [6, 6.07) is 8.13. The lowest BCUT2D eigenvalue weighted by molar-refractivity contribution is -0.129. The Morgan fingerprint density at radius 2 is 2.00 bits per heavy atom. The van der Waals surface area contributed by atoms with E-state index >= 15 is 0 Å². The van der Waals surface area contributed by atoms with Crippen molar-refractivity contribution in [3.8, 4) is 11.3 Å². The van der Waals surface area contributed by atoms with Gasteiger partial charge in [0.2, 0.25) is 11.8 Å². The van der Waals surface area contributed by atoms with E-state index in [2.05, 4.69) is 15.5 Å². The van der Waals surface area contributed by atoms with Crippen molar-refractivity contribution in [3.05, 3.63) is 41.8 Å². The SMILES string of the molecule is CC(=O)NCCC(=O)N(C)CCCc1cc(-c2ccc(F)cc2)n[nH]1. The zero-order valence-corrected chi connectivity index (χ0v) is 14.5. The Labute approximate surface area is 146 Å². The molecule has 0 radical (unpaired) electrons. The van der Waals surface area contributed by atoms with Crippen LogP contribution in [0.2, 0.25) is 0 Å². The highest BCUT2D eigenvalue weighted by atomic mass is 19.1. The summed E-state index contributed by atoms with van der Waals surface area (Å²) in [5.41, 5.74) is 2.60. The van der Waals surface area contributed by atoms with E-state index in [1.807, 2.05) is 6.07 Å². The molecule has 6 nitrogen and oxygen atoms in total. The van der Waals surface area contributed by atoms with E-state index in [-0.39, 0.29) is 17.6 Å². The van der Waals surface area contributed by atoms with Gasteiger partial charge in [0.05, 0.1) is 5.69 Å². The van der Waals surface area contributed by atoms with Gasteiger partial charge in [-0.25, -0.2) is 4.39 Å². The Morgan fingerprint density at radius 1 is 1.28 bits per heavy atom. The number of halogens is 1. The van der Waals surface area contributed by atoms with E-state index < -0.39 is 0 Å². The second-order valence-electron chi connectivity index (χ2n) is 5.94. The first-order valence-electron chi connectivity index (χ1n) is 8.24. The van der Waals surface area contributed by atoms with Crippen molar-refractivity contribution in [2.75, 3.05) is 20.1 Å². The maximum atomic E-state index is 13.0. The van der Waals surface area contributed by atoms with Crippen molar-refractivity contribution in [3.63, 3.8) is 0 Å². The van der Waals surface area contributed by atoms with Crippen molar-refractivity contribution in [2.24, 2.45) is 0 Å². The molecule has 0 atom stereocenters. The zero-order valence-electron chi connectivity index (χ0n) is 14.5. The van der Waals surface area contributed by atoms with Crippen LogP contribution < -0.4 is 5.32 Å². The molecule has 0 bridgehead atoms. The van der Waals surface area contributed by atoms with Crippen LogP contribution in [0.25, 0.3) is 11.3 Å². The summed E-state index contributed by atoms with van der Waals surface area (Å²) in [7, 11) is 1.76. The summed E-state index contributed by atoms with van der Waals surface area (Å²) in [5.74, 6) is -0.400. The predicted octanol–water partition coefficient (Wildman–Crippen LogP) is 2.13. The predicted molar refractivity (Wildman–Crippen MR) is 93.2 cm³/mol. The number of hydrogen-bond acceptors (Lipinski definition) is 3. The number of nitrogens with one attached hydrogen (secondary N) is 2. The first-order chi connectivity index (χ1) is 12.0. The van der Waals surface area contributed by atoms with Gasteiger partial charge in [0, 0.05) is 44.7 Å². The van der Waals surface area contributed by atoms with E-state index in [1.54, 1.807) is 24.1 Å². The largest absolute Gasteiger partial charge is 0.356 e. The van der Waals surface area contributed by atoms with Gasteiger partial charge >= 0.3 is 0 Å². The van der Waals surface area contributed by atoms with Gasteiger partial charge in [-0.15, -0.1) is 0 Å². The molecule has 0 unspecified atom stereocenters. The lowest BCUT2D eigenvalue weighted by Crippen LogP contribution is -2.32. The monoisotopic (exact) mass is 346 g/mol. The fourth-order valence-electron chi connectivity index (χ4n) is 2.43. The van der Waals surface area contributed by atoms with E-state index in [0.717, 1.165) is 29.8 Å². The van der Waals surface area contributed by atoms with Gasteiger partial charge in [-0.05, 0) is 43.2 Å². The van der Waals surface area contributed by atoms with Crippen LogP contribution in [0.5, 0.6) is 0 Å². The molecular weight excluding hydrogens is 323 g/mol. The number of aromatic amines is 1. The Balaban J connectivity index is 1.75. The van der Waals surface area contributed by atoms with Crippen LogP contribution >= 0.6 is 0 Å². The Bertz CT molecular complexity index is 712. The molecule has 2 amide bonds. The summed E-state index contributed by atoms with van der Waals surface area (Å²) in [6.45, 7) is 2.42. The third-order valence-electron chi connectivity index (χ3n) is 3.85. The van der Waals surface area contributed by atoms with Gasteiger partial charge in [-0.2, -0.15) is 5.10 Å². The number of aromatic nitrogens is 2. The maximum Gasteiger partial charge on any atom is 0.224 e. The molecule has 0 saturated carbocycles. The molecular formula is C18H23FN4O2. The first kappa shape index (κ1) is 18.6. The summed E-state index contributed by atoms with van der Waals surface area (Å²) in [4.78, 5) is 24.4. The van der Waals surface area contributed by atoms with Crippen LogP contribution in [0.15, 0.2) is 30.3 Å². The number of nitrogens with zero attached hydrogens (tertiary/aromatic N) is 2. The van der Waals surface area contributed by atoms with Gasteiger partial charge in [-0.3, -0.25) is 14.7 Å². The molecule has 0 aliphatic rings. The maximum absolute atomic E-state index is 13.0. The zero-order chi connectivity index (χ0) is 18.2. The van der Waals surface area contributed by atoms with Crippen LogP contribution in [0.3, 0.4) is 0 Å². The molecule has 2 N–H and O–H groups in total. The molecule has 2 rings (SSSR count). The Kier molecular flexibility index (Phi) is 6.68. The molecule has 1 heterocycles. The highest BCUT2D eigenvalue weighted by Crippen LogP contribution is 2.18. The van der Waals surface area contributed by atoms with Gasteiger partial charge in [0.15, 0.2) is 0 Å². The van der Waals surface area contributed by atoms with Gasteiger partial charge in [-0.1, -0.05) is 0 Å². The van der Waals surface area contributed by atoms with Crippen LogP contribution in [0.1, 0.15) is 25.5 Å². The minimum Gasteiger partial charge on any atom is -0.356 e. The number of carbonyl (C=O) groups is 2. The van der Waals surface area contributed by atoms with Gasteiger partial charge in [0.25, 0.3) is 0 Å². The number of aryl methyl sites for hydroxylation is 1. The molecule has 7 heteroatoms. The second kappa shape index (κ2) is 8.96. The average Bonchev–Trinajstić information content (AvgIpc) is 3.03. The quantitative estimate of drug-likeness (QED) is 0.769. The van der Waals surface area contributed by atoms with Crippen LogP contribution in [-0.2, 0) is 16.0 Å². The number of carbonyl (C=O) groups excluding carboxylic acids is 2. The Morgan fingerprint density at radius 3 is 2.68 bits per heavy atom. The standard InChI is InChI=1S/C18H23FN4O2/c1-13(24)20-10-9-18(25)23(2)11-3-4-16-12-17(22-21-16)14-5-7-15(19)8-6-14/h5-8,12H,3-4,9-11H2,1-2H3,(H,20,24)(H,21,22). The molecule has 0 aliphatic heterocycles. The van der Waals surface area contributed by atoms with Crippen molar-refractivity contribution >= 4 is 11.8 Å². The van der Waals surface area contributed by atoms with Crippen molar-refractivity contribution in [2.45, 2.75) is 26.2 Å². The third kappa shape index (κ3) is 6.02. The Hall–Kier alpha value is -2.70. The lowest BCUT2D eigenvalue weighted by atomic mass is 10.1. The topological polar surface area (TPSA) is 78.1 Å². The summed E-state index contributed by atoms with van der Waals surface area (Å²) in [6.07, 6.45) is 1.86. The highest BCUT2D eigenvalue weighted by molar-refractivity contribution is 5.77. The number of benzene rings is 1. The highest BCUT2D eigenvalue weighted by Gasteiger charge is 2.09. The molecule has 1 aromatic carbocycles. The normalized spacial score (nSPS) is 10.5.